The van der Waals surface area contributed by atoms with Crippen molar-refractivity contribution in [3.8, 4) is 0 Å². The van der Waals surface area contributed by atoms with Gasteiger partial charge in [-0.15, -0.1) is 0 Å². The van der Waals surface area contributed by atoms with Gasteiger partial charge in [-0.3, -0.25) is 4.21 Å². The Hall–Kier alpha value is -1.00. The van der Waals surface area contributed by atoms with E-state index in [0.717, 1.165) is 0 Å². The molecule has 114 valence electrons. The van der Waals surface area contributed by atoms with E-state index in [2.05, 4.69) is 0 Å². The second-order valence-corrected chi connectivity index (χ2v) is 7.19. The van der Waals surface area contributed by atoms with Gasteiger partial charge in [-0.05, 0) is 6.92 Å². The molecule has 0 aromatic heterocycles. The molecule has 0 amide bonds. The zero-order valence-electron chi connectivity index (χ0n) is 10.4. The van der Waals surface area contributed by atoms with Crippen molar-refractivity contribution in [1.82, 2.24) is 4.72 Å². The van der Waals surface area contributed by atoms with Gasteiger partial charge in [-0.25, -0.2) is 30.7 Å². The monoisotopic (exact) mass is 333 g/mol. The molecule has 1 rings (SSSR count). The predicted octanol–water partition coefficient (Wildman–Crippen LogP) is 1.29. The highest BCUT2D eigenvalue weighted by Gasteiger charge is 2.30. The molecule has 0 radical (unpaired) electrons. The van der Waals surface area contributed by atoms with Crippen molar-refractivity contribution in [2.75, 3.05) is 12.0 Å². The maximum absolute atomic E-state index is 13.4. The van der Waals surface area contributed by atoms with Crippen LogP contribution in [0.15, 0.2) is 11.0 Å². The van der Waals surface area contributed by atoms with Crippen LogP contribution >= 0.6 is 0 Å². The molecule has 0 saturated heterocycles. The van der Waals surface area contributed by atoms with Crippen LogP contribution in [-0.2, 0) is 20.8 Å². The van der Waals surface area contributed by atoms with E-state index in [1.54, 1.807) is 4.72 Å². The summed E-state index contributed by atoms with van der Waals surface area (Å²) in [5, 5.41) is 0. The molecule has 10 heteroatoms. The lowest BCUT2D eigenvalue weighted by atomic mass is 10.3. The topological polar surface area (TPSA) is 63.2 Å². The minimum atomic E-state index is -4.83. The minimum Gasteiger partial charge on any atom is -0.260 e. The van der Waals surface area contributed by atoms with Crippen molar-refractivity contribution in [3.63, 3.8) is 0 Å². The number of nitrogens with one attached hydrogen (secondary N) is 1. The van der Waals surface area contributed by atoms with Crippen molar-refractivity contribution in [2.45, 2.75) is 17.9 Å². The van der Waals surface area contributed by atoms with Crippen molar-refractivity contribution >= 4 is 20.8 Å². The molecular weight excluding hydrogens is 322 g/mol. The van der Waals surface area contributed by atoms with Crippen LogP contribution in [0, 0.1) is 23.3 Å². The average molecular weight is 333 g/mol. The Labute approximate surface area is 115 Å². The molecule has 0 aliphatic rings. The summed E-state index contributed by atoms with van der Waals surface area (Å²) in [6.07, 6.45) is 1.30. The molecule has 4 nitrogen and oxygen atoms in total. The molecule has 0 spiro atoms. The Morgan fingerprint density at radius 3 is 2.05 bits per heavy atom. The first-order valence-electron chi connectivity index (χ1n) is 5.21. The molecule has 2 unspecified atom stereocenters. The van der Waals surface area contributed by atoms with Gasteiger partial charge in [0.1, 0.15) is 0 Å². The van der Waals surface area contributed by atoms with Crippen LogP contribution in [0.1, 0.15) is 6.92 Å². The molecule has 1 aromatic carbocycles. The third-order valence-corrected chi connectivity index (χ3v) is 4.76. The summed E-state index contributed by atoms with van der Waals surface area (Å²) in [5.41, 5.74) is 0. The van der Waals surface area contributed by atoms with Crippen LogP contribution in [0.4, 0.5) is 17.6 Å². The highest BCUT2D eigenvalue weighted by atomic mass is 32.2. The number of rotatable bonds is 5. The summed E-state index contributed by atoms with van der Waals surface area (Å²) >= 11 is 0. The molecule has 2 atom stereocenters. The largest absolute Gasteiger partial charge is 0.260 e. The van der Waals surface area contributed by atoms with Gasteiger partial charge >= 0.3 is 0 Å². The molecule has 1 aromatic rings. The van der Waals surface area contributed by atoms with Gasteiger partial charge in [-0.2, -0.15) is 0 Å². The first-order chi connectivity index (χ1) is 9.06. The number of sulfonamides is 1. The summed E-state index contributed by atoms with van der Waals surface area (Å²) in [5.74, 6) is -7.80. The maximum Gasteiger partial charge on any atom is 0.246 e. The third kappa shape index (κ3) is 3.76. The van der Waals surface area contributed by atoms with E-state index in [1.807, 2.05) is 0 Å². The molecule has 0 saturated carbocycles. The van der Waals surface area contributed by atoms with Gasteiger partial charge in [0.25, 0.3) is 0 Å². The molecule has 0 fully saturated rings. The summed E-state index contributed by atoms with van der Waals surface area (Å²) in [7, 11) is -6.19. The summed E-state index contributed by atoms with van der Waals surface area (Å²) < 4.78 is 89.0. The zero-order valence-corrected chi connectivity index (χ0v) is 12.0. The van der Waals surface area contributed by atoms with Crippen LogP contribution < -0.4 is 4.72 Å². The van der Waals surface area contributed by atoms with Crippen molar-refractivity contribution < 1.29 is 30.2 Å². The fourth-order valence-corrected chi connectivity index (χ4v) is 3.79. The second-order valence-electron chi connectivity index (χ2n) is 4.06. The zero-order chi connectivity index (χ0) is 15.7. The highest BCUT2D eigenvalue weighted by Crippen LogP contribution is 2.23. The van der Waals surface area contributed by atoms with Gasteiger partial charge in [-0.1, -0.05) is 0 Å². The van der Waals surface area contributed by atoms with E-state index in [0.29, 0.717) is 0 Å². The Kier molecular flexibility index (Phi) is 5.27. The molecule has 0 aliphatic heterocycles. The lowest BCUT2D eigenvalue weighted by Crippen LogP contribution is -2.37. The van der Waals surface area contributed by atoms with Crippen molar-refractivity contribution in [2.24, 2.45) is 0 Å². The van der Waals surface area contributed by atoms with E-state index in [1.165, 1.54) is 13.2 Å². The van der Waals surface area contributed by atoms with E-state index < -0.39 is 55.0 Å². The van der Waals surface area contributed by atoms with Gasteiger partial charge in [0, 0.05) is 34.9 Å². The smallest absolute Gasteiger partial charge is 0.246 e. The summed E-state index contributed by atoms with van der Waals surface area (Å²) in [4.78, 5) is -1.73. The third-order valence-electron chi connectivity index (χ3n) is 2.18. The van der Waals surface area contributed by atoms with Crippen LogP contribution in [0.3, 0.4) is 0 Å². The van der Waals surface area contributed by atoms with E-state index in [-0.39, 0.29) is 11.8 Å². The van der Waals surface area contributed by atoms with E-state index in [9.17, 15) is 30.2 Å². The standard InChI is InChI=1S/C10H11F4NO3S2/c1-5(4-19(2)16)15-20(17,18)10-8(13)6(11)3-7(12)9(10)14/h3,5,15H,4H2,1-2H3. The lowest BCUT2D eigenvalue weighted by Gasteiger charge is -2.14. The first kappa shape index (κ1) is 17.1. The van der Waals surface area contributed by atoms with Crippen LogP contribution in [0.2, 0.25) is 0 Å². The predicted molar refractivity (Wildman–Crippen MR) is 65.0 cm³/mol. The molecular formula is C10H11F4NO3S2. The van der Waals surface area contributed by atoms with E-state index in [4.69, 9.17) is 0 Å². The number of benzene rings is 1. The SMILES string of the molecule is CC(CS(C)=O)NS(=O)(=O)c1c(F)c(F)cc(F)c1F. The Bertz CT molecular complexity index is 622. The van der Waals surface area contributed by atoms with Gasteiger partial charge in [0.05, 0.1) is 0 Å². The number of hydrogen-bond acceptors (Lipinski definition) is 3. The van der Waals surface area contributed by atoms with Crippen molar-refractivity contribution in [1.29, 1.82) is 0 Å². The molecule has 0 bridgehead atoms. The number of halogens is 4. The second kappa shape index (κ2) is 6.19. The fraction of sp³-hybridized carbons (Fsp3) is 0.400. The maximum atomic E-state index is 13.4. The normalized spacial score (nSPS) is 15.1. The average Bonchev–Trinajstić information content (AvgIpc) is 2.24. The van der Waals surface area contributed by atoms with E-state index >= 15 is 0 Å². The van der Waals surface area contributed by atoms with Crippen LogP contribution in [0.25, 0.3) is 0 Å². The molecule has 20 heavy (non-hydrogen) atoms. The minimum absolute atomic E-state index is 0.0891. The summed E-state index contributed by atoms with van der Waals surface area (Å²) in [6.45, 7) is 1.30. The van der Waals surface area contributed by atoms with Crippen molar-refractivity contribution in [3.05, 3.63) is 29.3 Å². The Morgan fingerprint density at radius 1 is 1.20 bits per heavy atom. The Balaban J connectivity index is 3.26. The van der Waals surface area contributed by atoms with Gasteiger partial charge in [0.15, 0.2) is 28.2 Å². The molecule has 0 aliphatic carbocycles. The summed E-state index contributed by atoms with van der Waals surface area (Å²) in [6, 6.07) is -1.02. The Morgan fingerprint density at radius 2 is 1.65 bits per heavy atom. The molecule has 0 heterocycles. The highest BCUT2D eigenvalue weighted by molar-refractivity contribution is 7.89. The van der Waals surface area contributed by atoms with Gasteiger partial charge in [0.2, 0.25) is 10.0 Å². The fourth-order valence-electron chi connectivity index (χ4n) is 1.50. The first-order valence-corrected chi connectivity index (χ1v) is 8.42. The van der Waals surface area contributed by atoms with Gasteiger partial charge < -0.3 is 0 Å². The van der Waals surface area contributed by atoms with Crippen LogP contribution in [-0.4, -0.2) is 30.7 Å². The quantitative estimate of drug-likeness (QED) is 0.652. The van der Waals surface area contributed by atoms with Crippen LogP contribution in [0.5, 0.6) is 0 Å². The molecule has 1 N–H and O–H groups in total. The number of hydrogen-bond donors (Lipinski definition) is 1. The lowest BCUT2D eigenvalue weighted by molar-refractivity contribution is 0.417.